The van der Waals surface area contributed by atoms with E-state index in [1.54, 1.807) is 6.07 Å². The number of halogens is 4. The topological polar surface area (TPSA) is 30.2 Å². The van der Waals surface area contributed by atoms with Crippen molar-refractivity contribution in [2.75, 3.05) is 0 Å². The number of hydrogen-bond acceptors (Lipinski definition) is 2. The van der Waals surface area contributed by atoms with Gasteiger partial charge in [0, 0.05) is 0 Å². The molecule has 0 aliphatic carbocycles. The summed E-state index contributed by atoms with van der Waals surface area (Å²) in [7, 11) is 0. The highest BCUT2D eigenvalue weighted by Gasteiger charge is 2.22. The molecule has 0 amide bonds. The molecule has 2 rings (SSSR count). The van der Waals surface area contributed by atoms with Crippen molar-refractivity contribution in [1.29, 1.82) is 0 Å². The Labute approximate surface area is 117 Å². The van der Waals surface area contributed by atoms with E-state index in [-0.39, 0.29) is 31.4 Å². The van der Waals surface area contributed by atoms with E-state index in [1.165, 1.54) is 18.4 Å². The molecule has 0 spiro atoms. The molecule has 0 N–H and O–H groups in total. The molecule has 2 nitrogen and oxygen atoms in total. The van der Waals surface area contributed by atoms with Crippen LogP contribution in [0.15, 0.2) is 28.9 Å². The van der Waals surface area contributed by atoms with E-state index < -0.39 is 5.78 Å². The number of benzene rings is 1. The van der Waals surface area contributed by atoms with Crippen LogP contribution >= 0.6 is 46.4 Å². The van der Waals surface area contributed by atoms with Crippen LogP contribution in [0.3, 0.4) is 0 Å². The second-order valence-corrected chi connectivity index (χ2v) is 4.72. The Bertz CT molecular complexity index is 576. The predicted molar refractivity (Wildman–Crippen MR) is 68.6 cm³/mol. The molecule has 1 aromatic carbocycles. The Morgan fingerprint density at radius 2 is 1.76 bits per heavy atom. The van der Waals surface area contributed by atoms with Crippen molar-refractivity contribution in [1.82, 2.24) is 0 Å². The SMILES string of the molecule is O=C(c1ccco1)c1c(Cl)cc(Cl)c(Cl)c1Cl. The van der Waals surface area contributed by atoms with Crippen molar-refractivity contribution < 1.29 is 9.21 Å². The Morgan fingerprint density at radius 1 is 1.06 bits per heavy atom. The van der Waals surface area contributed by atoms with Crippen molar-refractivity contribution in [3.8, 4) is 0 Å². The Kier molecular flexibility index (Phi) is 3.69. The minimum Gasteiger partial charge on any atom is -0.461 e. The number of hydrogen-bond donors (Lipinski definition) is 0. The molecule has 2 aromatic rings. The average molecular weight is 310 g/mol. The molecule has 1 aromatic heterocycles. The summed E-state index contributed by atoms with van der Waals surface area (Å²) in [6.07, 6.45) is 1.38. The first kappa shape index (κ1) is 12.8. The van der Waals surface area contributed by atoms with Gasteiger partial charge < -0.3 is 4.42 Å². The number of carbonyl (C=O) groups excluding carboxylic acids is 1. The molecular formula is C11H4Cl4O2. The van der Waals surface area contributed by atoms with E-state index in [4.69, 9.17) is 50.8 Å². The van der Waals surface area contributed by atoms with Crippen molar-refractivity contribution >= 4 is 52.2 Å². The van der Waals surface area contributed by atoms with Crippen molar-refractivity contribution in [3.05, 3.63) is 55.9 Å². The van der Waals surface area contributed by atoms with E-state index in [1.807, 2.05) is 0 Å². The van der Waals surface area contributed by atoms with E-state index in [0.29, 0.717) is 0 Å². The molecule has 1 heterocycles. The van der Waals surface area contributed by atoms with Gasteiger partial charge in [-0.15, -0.1) is 0 Å². The fraction of sp³-hybridized carbons (Fsp3) is 0. The van der Waals surface area contributed by atoms with Gasteiger partial charge in [0.2, 0.25) is 5.78 Å². The fourth-order valence-electron chi connectivity index (χ4n) is 1.31. The Hall–Kier alpha value is -0.670. The molecular weight excluding hydrogens is 306 g/mol. The lowest BCUT2D eigenvalue weighted by molar-refractivity contribution is 0.101. The van der Waals surface area contributed by atoms with Gasteiger partial charge in [-0.2, -0.15) is 0 Å². The standard InChI is InChI=1S/C11H4Cl4O2/c12-5-4-6(13)9(14)10(15)8(5)11(16)7-2-1-3-17-7/h1-4H. The summed E-state index contributed by atoms with van der Waals surface area (Å²) in [4.78, 5) is 12.0. The number of rotatable bonds is 2. The summed E-state index contributed by atoms with van der Waals surface area (Å²) < 4.78 is 4.99. The first-order valence-corrected chi connectivity index (χ1v) is 5.94. The second kappa shape index (κ2) is 4.91. The summed E-state index contributed by atoms with van der Waals surface area (Å²) in [6, 6.07) is 4.47. The van der Waals surface area contributed by atoms with Crippen LogP contribution in [0.25, 0.3) is 0 Å². The zero-order valence-electron chi connectivity index (χ0n) is 8.14. The Balaban J connectivity index is 2.61. The van der Waals surface area contributed by atoms with Crippen LogP contribution in [0.4, 0.5) is 0 Å². The maximum Gasteiger partial charge on any atom is 0.231 e. The zero-order valence-corrected chi connectivity index (χ0v) is 11.2. The van der Waals surface area contributed by atoms with E-state index >= 15 is 0 Å². The molecule has 0 saturated heterocycles. The van der Waals surface area contributed by atoms with Gasteiger partial charge in [0.25, 0.3) is 0 Å². The quantitative estimate of drug-likeness (QED) is 0.437. The average Bonchev–Trinajstić information content (AvgIpc) is 2.79. The molecule has 0 bridgehead atoms. The lowest BCUT2D eigenvalue weighted by Gasteiger charge is -2.07. The molecule has 0 aliphatic heterocycles. The third-order valence-electron chi connectivity index (χ3n) is 2.09. The normalized spacial score (nSPS) is 10.6. The summed E-state index contributed by atoms with van der Waals surface area (Å²) in [6.45, 7) is 0. The first-order valence-electron chi connectivity index (χ1n) is 4.43. The van der Waals surface area contributed by atoms with E-state index in [0.717, 1.165) is 0 Å². The third kappa shape index (κ3) is 2.31. The monoisotopic (exact) mass is 308 g/mol. The van der Waals surface area contributed by atoms with Crippen LogP contribution in [-0.4, -0.2) is 5.78 Å². The Morgan fingerprint density at radius 3 is 2.35 bits per heavy atom. The molecule has 0 saturated carbocycles. The van der Waals surface area contributed by atoms with Crippen LogP contribution in [-0.2, 0) is 0 Å². The van der Waals surface area contributed by atoms with E-state index in [9.17, 15) is 4.79 Å². The largest absolute Gasteiger partial charge is 0.461 e. The highest BCUT2D eigenvalue weighted by Crippen LogP contribution is 2.38. The zero-order chi connectivity index (χ0) is 12.6. The summed E-state index contributed by atoms with van der Waals surface area (Å²) in [5, 5.41) is 0.432. The minimum atomic E-state index is -0.441. The van der Waals surface area contributed by atoms with Gasteiger partial charge in [-0.05, 0) is 18.2 Å². The predicted octanol–water partition coefficient (Wildman–Crippen LogP) is 5.12. The van der Waals surface area contributed by atoms with Gasteiger partial charge in [-0.25, -0.2) is 0 Å². The molecule has 0 radical (unpaired) electrons. The van der Waals surface area contributed by atoms with Gasteiger partial charge in [0.15, 0.2) is 5.76 Å². The van der Waals surface area contributed by atoms with Gasteiger partial charge >= 0.3 is 0 Å². The lowest BCUT2D eigenvalue weighted by atomic mass is 10.1. The summed E-state index contributed by atoms with van der Waals surface area (Å²) in [5.74, 6) is -0.309. The molecule has 0 aliphatic rings. The molecule has 17 heavy (non-hydrogen) atoms. The van der Waals surface area contributed by atoms with Crippen LogP contribution in [0.1, 0.15) is 16.1 Å². The van der Waals surface area contributed by atoms with Crippen LogP contribution < -0.4 is 0 Å². The fourth-order valence-corrected chi connectivity index (χ4v) is 2.39. The third-order valence-corrected chi connectivity index (χ3v) is 3.65. The number of furan rings is 1. The molecule has 88 valence electrons. The smallest absolute Gasteiger partial charge is 0.231 e. The van der Waals surface area contributed by atoms with Crippen LogP contribution in [0, 0.1) is 0 Å². The summed E-state index contributed by atoms with van der Waals surface area (Å²) >= 11 is 23.5. The molecule has 0 unspecified atom stereocenters. The second-order valence-electron chi connectivity index (χ2n) is 3.15. The maximum absolute atomic E-state index is 12.0. The number of carbonyl (C=O) groups is 1. The first-order chi connectivity index (χ1) is 8.02. The van der Waals surface area contributed by atoms with Crippen LogP contribution in [0.5, 0.6) is 0 Å². The summed E-state index contributed by atoms with van der Waals surface area (Å²) in [5.41, 5.74) is 0.0812. The van der Waals surface area contributed by atoms with Gasteiger partial charge in [0.1, 0.15) is 0 Å². The molecule has 6 heteroatoms. The van der Waals surface area contributed by atoms with Gasteiger partial charge in [0.05, 0.1) is 31.9 Å². The van der Waals surface area contributed by atoms with Crippen molar-refractivity contribution in [3.63, 3.8) is 0 Å². The van der Waals surface area contributed by atoms with Gasteiger partial charge in [-0.1, -0.05) is 46.4 Å². The van der Waals surface area contributed by atoms with Crippen molar-refractivity contribution in [2.24, 2.45) is 0 Å². The van der Waals surface area contributed by atoms with Crippen molar-refractivity contribution in [2.45, 2.75) is 0 Å². The molecule has 0 atom stereocenters. The van der Waals surface area contributed by atoms with Gasteiger partial charge in [-0.3, -0.25) is 4.79 Å². The van der Waals surface area contributed by atoms with Crippen LogP contribution in [0.2, 0.25) is 20.1 Å². The van der Waals surface area contributed by atoms with E-state index in [2.05, 4.69) is 0 Å². The minimum absolute atomic E-state index is 0.0190. The number of ketones is 1. The highest BCUT2D eigenvalue weighted by molar-refractivity contribution is 6.51. The lowest BCUT2D eigenvalue weighted by Crippen LogP contribution is -2.02. The maximum atomic E-state index is 12.0. The molecule has 0 fully saturated rings. The highest BCUT2D eigenvalue weighted by atomic mass is 35.5.